The lowest BCUT2D eigenvalue weighted by Crippen LogP contribution is -2.33. The van der Waals surface area contributed by atoms with E-state index in [-0.39, 0.29) is 0 Å². The molecule has 0 aliphatic carbocycles. The number of rotatable bonds is 4. The van der Waals surface area contributed by atoms with E-state index in [4.69, 9.17) is 14.2 Å². The number of carbonyl (C=O) groups excluding carboxylic acids is 3. The minimum atomic E-state index is -1.33. The summed E-state index contributed by atoms with van der Waals surface area (Å²) < 4.78 is 19.5. The SMILES string of the molecule is COC(=O)C1C(=O)O[C@@H](c2ccc(OC)cc2)[C@@H]1C(=O)OC. The smallest absolute Gasteiger partial charge is 0.322 e. The van der Waals surface area contributed by atoms with Gasteiger partial charge in [0.15, 0.2) is 5.92 Å². The van der Waals surface area contributed by atoms with Gasteiger partial charge in [-0.05, 0) is 17.7 Å². The Bertz CT molecular complexity index is 578. The molecule has 0 bridgehead atoms. The van der Waals surface area contributed by atoms with E-state index in [9.17, 15) is 14.4 Å². The lowest BCUT2D eigenvalue weighted by Gasteiger charge is -2.18. The van der Waals surface area contributed by atoms with Crippen LogP contribution in [0.2, 0.25) is 0 Å². The highest BCUT2D eigenvalue weighted by Gasteiger charge is 2.54. The maximum atomic E-state index is 12.0. The molecule has 1 aliphatic rings. The molecule has 1 fully saturated rings. The van der Waals surface area contributed by atoms with Gasteiger partial charge < -0.3 is 18.9 Å². The van der Waals surface area contributed by atoms with Crippen LogP contribution in [0.15, 0.2) is 24.3 Å². The molecule has 1 heterocycles. The van der Waals surface area contributed by atoms with Gasteiger partial charge in [0.05, 0.1) is 21.3 Å². The summed E-state index contributed by atoms with van der Waals surface area (Å²) in [5.41, 5.74) is 0.566. The molecule has 3 atom stereocenters. The quantitative estimate of drug-likeness (QED) is 0.463. The Kier molecular flexibility index (Phi) is 4.65. The molecule has 118 valence electrons. The number of hydrogen-bond donors (Lipinski definition) is 0. The van der Waals surface area contributed by atoms with E-state index < -0.39 is 35.8 Å². The third-order valence-corrected chi connectivity index (χ3v) is 3.56. The van der Waals surface area contributed by atoms with E-state index in [0.29, 0.717) is 11.3 Å². The Hall–Kier alpha value is -2.57. The summed E-state index contributed by atoms with van der Waals surface area (Å²) in [4.78, 5) is 35.7. The minimum Gasteiger partial charge on any atom is -0.497 e. The van der Waals surface area contributed by atoms with Gasteiger partial charge in [-0.3, -0.25) is 14.4 Å². The molecule has 0 radical (unpaired) electrons. The standard InChI is InChI=1S/C15H16O7/c1-19-9-6-4-8(5-7-9)12-10(13(16)20-2)11(14(17)21-3)15(18)22-12/h4-7,10-12H,1-3H3/t10-,11?,12+/m1/s1. The van der Waals surface area contributed by atoms with Gasteiger partial charge in [-0.2, -0.15) is 0 Å². The Labute approximate surface area is 127 Å². The van der Waals surface area contributed by atoms with Gasteiger partial charge in [-0.15, -0.1) is 0 Å². The fraction of sp³-hybridized carbons (Fsp3) is 0.400. The summed E-state index contributed by atoms with van der Waals surface area (Å²) >= 11 is 0. The third kappa shape index (κ3) is 2.74. The Morgan fingerprint density at radius 3 is 2.09 bits per heavy atom. The van der Waals surface area contributed by atoms with E-state index in [2.05, 4.69) is 4.74 Å². The van der Waals surface area contributed by atoms with Gasteiger partial charge in [0.2, 0.25) is 0 Å². The van der Waals surface area contributed by atoms with Crippen LogP contribution >= 0.6 is 0 Å². The highest BCUT2D eigenvalue weighted by atomic mass is 16.6. The number of cyclic esters (lactones) is 1. The first-order valence-corrected chi connectivity index (χ1v) is 6.53. The number of hydrogen-bond acceptors (Lipinski definition) is 7. The van der Waals surface area contributed by atoms with Crippen LogP contribution in [0.3, 0.4) is 0 Å². The monoisotopic (exact) mass is 308 g/mol. The van der Waals surface area contributed by atoms with Crippen LogP contribution in [0.4, 0.5) is 0 Å². The molecule has 1 aliphatic heterocycles. The van der Waals surface area contributed by atoms with Crippen LogP contribution in [0.5, 0.6) is 5.75 Å². The summed E-state index contributed by atoms with van der Waals surface area (Å²) in [5.74, 6) is -4.13. The van der Waals surface area contributed by atoms with Crippen molar-refractivity contribution < 1.29 is 33.3 Å². The first-order chi connectivity index (χ1) is 10.5. The van der Waals surface area contributed by atoms with Crippen LogP contribution < -0.4 is 4.74 Å². The third-order valence-electron chi connectivity index (χ3n) is 3.56. The van der Waals surface area contributed by atoms with Gasteiger partial charge >= 0.3 is 17.9 Å². The molecule has 0 amide bonds. The fourth-order valence-corrected chi connectivity index (χ4v) is 2.43. The highest BCUT2D eigenvalue weighted by molar-refractivity contribution is 6.01. The molecule has 1 aromatic rings. The van der Waals surface area contributed by atoms with Gasteiger partial charge in [-0.25, -0.2) is 0 Å². The molecule has 1 aromatic carbocycles. The average Bonchev–Trinajstić information content (AvgIpc) is 2.90. The average molecular weight is 308 g/mol. The summed E-state index contributed by atoms with van der Waals surface area (Å²) in [5, 5.41) is 0. The zero-order valence-corrected chi connectivity index (χ0v) is 12.4. The number of methoxy groups -OCH3 is 3. The predicted octanol–water partition coefficient (Wildman–Crippen LogP) is 0.871. The van der Waals surface area contributed by atoms with Gasteiger partial charge in [0.25, 0.3) is 0 Å². The number of benzene rings is 1. The van der Waals surface area contributed by atoms with Crippen molar-refractivity contribution in [3.8, 4) is 5.75 Å². The highest BCUT2D eigenvalue weighted by Crippen LogP contribution is 2.41. The van der Waals surface area contributed by atoms with Crippen molar-refractivity contribution in [1.29, 1.82) is 0 Å². The maximum Gasteiger partial charge on any atom is 0.322 e. The van der Waals surface area contributed by atoms with E-state index >= 15 is 0 Å². The lowest BCUT2D eigenvalue weighted by molar-refractivity contribution is -0.159. The first-order valence-electron chi connectivity index (χ1n) is 6.53. The minimum absolute atomic E-state index is 0.566. The second-order valence-corrected chi connectivity index (χ2v) is 4.68. The topological polar surface area (TPSA) is 88.1 Å². The second kappa shape index (κ2) is 6.46. The molecule has 0 spiro atoms. The van der Waals surface area contributed by atoms with Gasteiger partial charge in [0, 0.05) is 0 Å². The molecular weight excluding hydrogens is 292 g/mol. The summed E-state index contributed by atoms with van der Waals surface area (Å²) in [6.07, 6.45) is -0.907. The van der Waals surface area contributed by atoms with E-state index in [1.165, 1.54) is 14.2 Å². The van der Waals surface area contributed by atoms with E-state index in [1.54, 1.807) is 24.3 Å². The van der Waals surface area contributed by atoms with Crippen molar-refractivity contribution in [3.63, 3.8) is 0 Å². The van der Waals surface area contributed by atoms with Gasteiger partial charge in [0.1, 0.15) is 17.8 Å². The summed E-state index contributed by atoms with van der Waals surface area (Å²) in [6.45, 7) is 0. The van der Waals surface area contributed by atoms with Crippen molar-refractivity contribution in [3.05, 3.63) is 29.8 Å². The van der Waals surface area contributed by atoms with E-state index in [0.717, 1.165) is 7.11 Å². The molecular formula is C15H16O7. The zero-order chi connectivity index (χ0) is 16.3. The van der Waals surface area contributed by atoms with Crippen molar-refractivity contribution in [2.24, 2.45) is 11.8 Å². The maximum absolute atomic E-state index is 12.0. The molecule has 0 N–H and O–H groups in total. The molecule has 7 nitrogen and oxygen atoms in total. The molecule has 2 rings (SSSR count). The second-order valence-electron chi connectivity index (χ2n) is 4.68. The number of ether oxygens (including phenoxy) is 4. The number of carbonyl (C=O) groups is 3. The summed E-state index contributed by atoms with van der Waals surface area (Å²) in [6, 6.07) is 6.66. The Balaban J connectivity index is 2.38. The summed E-state index contributed by atoms with van der Waals surface area (Å²) in [7, 11) is 3.85. The molecule has 1 unspecified atom stereocenters. The van der Waals surface area contributed by atoms with Crippen LogP contribution in [-0.2, 0) is 28.6 Å². The first kappa shape index (κ1) is 15.8. The Morgan fingerprint density at radius 2 is 1.59 bits per heavy atom. The van der Waals surface area contributed by atoms with Crippen molar-refractivity contribution in [2.45, 2.75) is 6.10 Å². The molecule has 1 saturated heterocycles. The van der Waals surface area contributed by atoms with Crippen LogP contribution in [0, 0.1) is 11.8 Å². The van der Waals surface area contributed by atoms with Crippen LogP contribution in [0.1, 0.15) is 11.7 Å². The largest absolute Gasteiger partial charge is 0.497 e. The van der Waals surface area contributed by atoms with Crippen molar-refractivity contribution in [2.75, 3.05) is 21.3 Å². The predicted molar refractivity (Wildman–Crippen MR) is 72.8 cm³/mol. The van der Waals surface area contributed by atoms with E-state index in [1.807, 2.05) is 0 Å². The van der Waals surface area contributed by atoms with Crippen molar-refractivity contribution >= 4 is 17.9 Å². The molecule has 0 saturated carbocycles. The molecule has 22 heavy (non-hydrogen) atoms. The number of esters is 3. The molecule has 7 heteroatoms. The van der Waals surface area contributed by atoms with Crippen LogP contribution in [-0.4, -0.2) is 39.2 Å². The fourth-order valence-electron chi connectivity index (χ4n) is 2.43. The normalized spacial score (nSPS) is 23.6. The molecule has 0 aromatic heterocycles. The van der Waals surface area contributed by atoms with Crippen LogP contribution in [0.25, 0.3) is 0 Å². The van der Waals surface area contributed by atoms with Gasteiger partial charge in [-0.1, -0.05) is 12.1 Å². The van der Waals surface area contributed by atoms with Crippen molar-refractivity contribution in [1.82, 2.24) is 0 Å². The lowest BCUT2D eigenvalue weighted by atomic mass is 9.87. The Morgan fingerprint density at radius 1 is 1.00 bits per heavy atom. The zero-order valence-electron chi connectivity index (χ0n) is 12.4.